The van der Waals surface area contributed by atoms with Crippen molar-refractivity contribution in [3.8, 4) is 6.07 Å². The summed E-state index contributed by atoms with van der Waals surface area (Å²) in [4.78, 5) is 22.1. The number of hydrogen-bond acceptors (Lipinski definition) is 5. The molecule has 2 aromatic carbocycles. The number of carbonyl (C=O) groups excluding carboxylic acids is 1. The van der Waals surface area contributed by atoms with Crippen LogP contribution in [0.4, 0.5) is 17.1 Å². The third-order valence-corrected chi connectivity index (χ3v) is 3.14. The molecule has 0 aliphatic carbocycles. The number of rotatable bonds is 5. The minimum Gasteiger partial charge on any atom is -0.360 e. The second-order valence-corrected chi connectivity index (χ2v) is 5.02. The first-order chi connectivity index (χ1) is 11.5. The normalized spacial score (nSPS) is 10.6. The summed E-state index contributed by atoms with van der Waals surface area (Å²) in [5.41, 5.74) is 0.755. The van der Waals surface area contributed by atoms with Crippen LogP contribution in [0.5, 0.6) is 0 Å². The van der Waals surface area contributed by atoms with Crippen molar-refractivity contribution >= 4 is 34.6 Å². The lowest BCUT2D eigenvalue weighted by molar-refractivity contribution is -0.384. The minimum absolute atomic E-state index is 0.0521. The first-order valence-corrected chi connectivity index (χ1v) is 7.05. The number of nitriles is 1. The Kier molecular flexibility index (Phi) is 5.49. The number of nitrogens with one attached hydrogen (secondary N) is 2. The minimum atomic E-state index is -0.603. The highest BCUT2D eigenvalue weighted by molar-refractivity contribution is 6.31. The van der Waals surface area contributed by atoms with Crippen molar-refractivity contribution in [3.05, 3.63) is 75.4 Å². The maximum atomic E-state index is 12.0. The lowest BCUT2D eigenvalue weighted by atomic mass is 10.2. The molecule has 24 heavy (non-hydrogen) atoms. The Labute approximate surface area is 142 Å². The van der Waals surface area contributed by atoms with E-state index in [0.29, 0.717) is 16.4 Å². The molecule has 0 unspecified atom stereocenters. The lowest BCUT2D eigenvalue weighted by Crippen LogP contribution is -2.14. The van der Waals surface area contributed by atoms with Crippen molar-refractivity contribution in [3.63, 3.8) is 0 Å². The van der Waals surface area contributed by atoms with Gasteiger partial charge in [0.15, 0.2) is 0 Å². The van der Waals surface area contributed by atoms with Gasteiger partial charge in [0.2, 0.25) is 0 Å². The summed E-state index contributed by atoms with van der Waals surface area (Å²) >= 11 is 5.83. The Morgan fingerprint density at radius 2 is 1.92 bits per heavy atom. The summed E-state index contributed by atoms with van der Waals surface area (Å²) in [6, 6.07) is 13.9. The number of halogens is 1. The van der Waals surface area contributed by atoms with E-state index >= 15 is 0 Å². The summed E-state index contributed by atoms with van der Waals surface area (Å²) in [6.45, 7) is 0. The molecule has 1 amide bonds. The second kappa shape index (κ2) is 7.76. The van der Waals surface area contributed by atoms with Crippen molar-refractivity contribution in [1.82, 2.24) is 0 Å². The molecule has 0 saturated heterocycles. The highest BCUT2D eigenvalue weighted by Crippen LogP contribution is 2.17. The Hall–Kier alpha value is -3.37. The zero-order valence-electron chi connectivity index (χ0n) is 12.2. The van der Waals surface area contributed by atoms with Crippen LogP contribution < -0.4 is 10.6 Å². The molecule has 0 atom stereocenters. The number of anilines is 2. The molecule has 7 nitrogen and oxygen atoms in total. The summed E-state index contributed by atoms with van der Waals surface area (Å²) < 4.78 is 0. The van der Waals surface area contributed by atoms with Crippen molar-refractivity contribution < 1.29 is 9.72 Å². The van der Waals surface area contributed by atoms with Gasteiger partial charge in [-0.2, -0.15) is 5.26 Å². The number of nitro groups is 1. The smallest absolute Gasteiger partial charge is 0.269 e. The number of amides is 1. The van der Waals surface area contributed by atoms with Crippen LogP contribution in [0.25, 0.3) is 0 Å². The van der Waals surface area contributed by atoms with Gasteiger partial charge in [-0.05, 0) is 30.3 Å². The van der Waals surface area contributed by atoms with Gasteiger partial charge < -0.3 is 10.6 Å². The van der Waals surface area contributed by atoms with E-state index in [0.717, 1.165) is 0 Å². The Morgan fingerprint density at radius 1 is 1.21 bits per heavy atom. The predicted molar refractivity (Wildman–Crippen MR) is 90.5 cm³/mol. The van der Waals surface area contributed by atoms with Crippen LogP contribution >= 0.6 is 11.6 Å². The fourth-order valence-electron chi connectivity index (χ4n) is 1.75. The van der Waals surface area contributed by atoms with E-state index in [1.165, 1.54) is 30.5 Å². The molecule has 0 aromatic heterocycles. The van der Waals surface area contributed by atoms with Gasteiger partial charge in [-0.3, -0.25) is 14.9 Å². The quantitative estimate of drug-likeness (QED) is 0.372. The van der Waals surface area contributed by atoms with E-state index < -0.39 is 10.8 Å². The first-order valence-electron chi connectivity index (χ1n) is 6.68. The van der Waals surface area contributed by atoms with E-state index in [9.17, 15) is 14.9 Å². The van der Waals surface area contributed by atoms with Crippen molar-refractivity contribution in [2.24, 2.45) is 0 Å². The van der Waals surface area contributed by atoms with Crippen molar-refractivity contribution in [2.45, 2.75) is 0 Å². The van der Waals surface area contributed by atoms with Crippen LogP contribution in [-0.4, -0.2) is 10.8 Å². The topological polar surface area (TPSA) is 108 Å². The van der Waals surface area contributed by atoms with Crippen LogP contribution in [0.3, 0.4) is 0 Å². The van der Waals surface area contributed by atoms with Gasteiger partial charge >= 0.3 is 0 Å². The molecule has 0 spiro atoms. The first kappa shape index (κ1) is 17.0. The average Bonchev–Trinajstić information content (AvgIpc) is 2.56. The monoisotopic (exact) mass is 342 g/mol. The van der Waals surface area contributed by atoms with E-state index in [1.807, 2.05) is 0 Å². The van der Waals surface area contributed by atoms with Gasteiger partial charge in [-0.1, -0.05) is 17.7 Å². The fourth-order valence-corrected chi connectivity index (χ4v) is 1.94. The van der Waals surface area contributed by atoms with Gasteiger partial charge in [-0.25, -0.2) is 0 Å². The molecular weight excluding hydrogens is 332 g/mol. The molecule has 8 heteroatoms. The largest absolute Gasteiger partial charge is 0.360 e. The molecule has 120 valence electrons. The van der Waals surface area contributed by atoms with Crippen LogP contribution in [0.1, 0.15) is 0 Å². The molecular formula is C16H11ClN4O3. The van der Waals surface area contributed by atoms with Crippen LogP contribution in [0.2, 0.25) is 5.02 Å². The van der Waals surface area contributed by atoms with Gasteiger partial charge in [0.25, 0.3) is 11.6 Å². The lowest BCUT2D eigenvalue weighted by Gasteiger charge is -2.05. The fraction of sp³-hybridized carbons (Fsp3) is 0. The van der Waals surface area contributed by atoms with Gasteiger partial charge in [0, 0.05) is 34.7 Å². The van der Waals surface area contributed by atoms with Crippen LogP contribution in [-0.2, 0) is 4.79 Å². The zero-order valence-corrected chi connectivity index (χ0v) is 12.9. The zero-order chi connectivity index (χ0) is 17.5. The van der Waals surface area contributed by atoms with E-state index in [4.69, 9.17) is 16.9 Å². The van der Waals surface area contributed by atoms with Crippen LogP contribution in [0, 0.1) is 21.4 Å². The molecule has 0 saturated carbocycles. The summed E-state index contributed by atoms with van der Waals surface area (Å²) in [5.74, 6) is -0.603. The van der Waals surface area contributed by atoms with E-state index in [1.54, 1.807) is 30.3 Å². The maximum absolute atomic E-state index is 12.0. The molecule has 2 N–H and O–H groups in total. The SMILES string of the molecule is N#C/C(=C/Nc1ccc([N+](=O)[O-])cc1)C(=O)Nc1cccc(Cl)c1. The number of nitro benzene ring substituents is 1. The van der Waals surface area contributed by atoms with Crippen molar-refractivity contribution in [1.29, 1.82) is 5.26 Å². The third kappa shape index (κ3) is 4.56. The molecule has 0 aliphatic heterocycles. The summed E-state index contributed by atoms with van der Waals surface area (Å²) in [5, 5.41) is 25.4. The van der Waals surface area contributed by atoms with Gasteiger partial charge in [0.1, 0.15) is 11.6 Å². The number of carbonyl (C=O) groups is 1. The molecule has 2 aromatic rings. The van der Waals surface area contributed by atoms with E-state index in [-0.39, 0.29) is 11.3 Å². The van der Waals surface area contributed by atoms with Gasteiger partial charge in [0.05, 0.1) is 4.92 Å². The number of non-ortho nitro benzene ring substituents is 1. The third-order valence-electron chi connectivity index (χ3n) is 2.91. The molecule has 0 heterocycles. The summed E-state index contributed by atoms with van der Waals surface area (Å²) in [7, 11) is 0. The number of hydrogen-bond donors (Lipinski definition) is 2. The standard InChI is InChI=1S/C16H11ClN4O3/c17-12-2-1-3-14(8-12)20-16(22)11(9-18)10-19-13-4-6-15(7-5-13)21(23)24/h1-8,10,19H,(H,20,22)/b11-10-. The highest BCUT2D eigenvalue weighted by atomic mass is 35.5. The molecule has 0 bridgehead atoms. The molecule has 2 rings (SSSR count). The molecule has 0 radical (unpaired) electrons. The Balaban J connectivity index is 2.07. The van der Waals surface area contributed by atoms with Crippen LogP contribution in [0.15, 0.2) is 60.3 Å². The number of benzene rings is 2. The summed E-state index contributed by atoms with van der Waals surface area (Å²) in [6.07, 6.45) is 1.22. The van der Waals surface area contributed by atoms with E-state index in [2.05, 4.69) is 10.6 Å². The highest BCUT2D eigenvalue weighted by Gasteiger charge is 2.10. The second-order valence-electron chi connectivity index (χ2n) is 4.58. The average molecular weight is 343 g/mol. The Bertz CT molecular complexity index is 841. The molecule has 0 fully saturated rings. The maximum Gasteiger partial charge on any atom is 0.269 e. The number of nitrogens with zero attached hydrogens (tertiary/aromatic N) is 2. The van der Waals surface area contributed by atoms with Crippen molar-refractivity contribution in [2.75, 3.05) is 10.6 Å². The molecule has 0 aliphatic rings. The predicted octanol–water partition coefficient (Wildman–Crippen LogP) is 3.71. The van der Waals surface area contributed by atoms with Gasteiger partial charge in [-0.15, -0.1) is 0 Å². The Morgan fingerprint density at radius 3 is 2.50 bits per heavy atom.